The summed E-state index contributed by atoms with van der Waals surface area (Å²) in [5, 5.41) is 0.0803. The molecule has 1 rings (SSSR count). The van der Waals surface area contributed by atoms with E-state index in [4.69, 9.17) is 5.73 Å². The highest BCUT2D eigenvalue weighted by Gasteiger charge is 2.27. The third kappa shape index (κ3) is 3.74. The quantitative estimate of drug-likeness (QED) is 0.762. The van der Waals surface area contributed by atoms with Crippen LogP contribution in [0.1, 0.15) is 20.3 Å². The van der Waals surface area contributed by atoms with Gasteiger partial charge in [0.15, 0.2) is 0 Å². The molecule has 90 valence electrons. The van der Waals surface area contributed by atoms with E-state index < -0.39 is 16.8 Å². The van der Waals surface area contributed by atoms with Crippen LogP contribution in [0.5, 0.6) is 0 Å². The van der Waals surface area contributed by atoms with Crippen LogP contribution >= 0.6 is 12.4 Å². The van der Waals surface area contributed by atoms with E-state index in [0.717, 1.165) is 0 Å². The molecule has 1 fully saturated rings. The van der Waals surface area contributed by atoms with Crippen LogP contribution in [0, 0.1) is 0 Å². The smallest absolute Gasteiger partial charge is 0.239 e. The van der Waals surface area contributed by atoms with Crippen molar-refractivity contribution in [2.24, 2.45) is 5.73 Å². The van der Waals surface area contributed by atoms with Crippen molar-refractivity contribution in [1.82, 2.24) is 4.90 Å². The van der Waals surface area contributed by atoms with E-state index >= 15 is 0 Å². The maximum Gasteiger partial charge on any atom is 0.239 e. The molecule has 1 heterocycles. The standard InChI is InChI=1S/C9H18N2O2S.ClH/c1-3-8(10)9(12)11-4-5-14(13)7(2)6-11;/h7-8H,3-6,10H2,1-2H3;1H/t7?,8-,14?;/m0./s1. The Hall–Kier alpha value is -0.130. The molecule has 6 heteroatoms. The Labute approximate surface area is 99.4 Å². The van der Waals surface area contributed by atoms with Gasteiger partial charge in [-0.25, -0.2) is 0 Å². The first-order valence-corrected chi connectivity index (χ1v) is 6.36. The Morgan fingerprint density at radius 3 is 2.73 bits per heavy atom. The number of carbonyl (C=O) groups is 1. The molecule has 1 aliphatic heterocycles. The first kappa shape index (κ1) is 14.9. The molecule has 0 saturated carbocycles. The summed E-state index contributed by atoms with van der Waals surface area (Å²) < 4.78 is 11.3. The van der Waals surface area contributed by atoms with Gasteiger partial charge in [-0.2, -0.15) is 0 Å². The summed E-state index contributed by atoms with van der Waals surface area (Å²) in [6.07, 6.45) is 0.660. The zero-order valence-corrected chi connectivity index (χ0v) is 10.8. The fourth-order valence-corrected chi connectivity index (χ4v) is 2.64. The summed E-state index contributed by atoms with van der Waals surface area (Å²) in [5.74, 6) is 0.583. The molecule has 0 aliphatic carbocycles. The van der Waals surface area contributed by atoms with Gasteiger partial charge in [-0.05, 0) is 13.3 Å². The zero-order valence-electron chi connectivity index (χ0n) is 9.14. The summed E-state index contributed by atoms with van der Waals surface area (Å²) in [4.78, 5) is 13.4. The Bertz CT molecular complexity index is 250. The first-order chi connectivity index (χ1) is 6.56. The minimum Gasteiger partial charge on any atom is -0.339 e. The van der Waals surface area contributed by atoms with Crippen molar-refractivity contribution in [2.45, 2.75) is 31.6 Å². The van der Waals surface area contributed by atoms with E-state index in [9.17, 15) is 9.00 Å². The van der Waals surface area contributed by atoms with Gasteiger partial charge < -0.3 is 10.6 Å². The van der Waals surface area contributed by atoms with Crippen LogP contribution in [0.2, 0.25) is 0 Å². The number of carbonyl (C=O) groups excluding carboxylic acids is 1. The van der Waals surface area contributed by atoms with Crippen LogP contribution in [-0.4, -0.2) is 45.2 Å². The summed E-state index contributed by atoms with van der Waals surface area (Å²) >= 11 is 0. The molecule has 15 heavy (non-hydrogen) atoms. The number of amides is 1. The lowest BCUT2D eigenvalue weighted by molar-refractivity contribution is -0.132. The summed E-state index contributed by atoms with van der Waals surface area (Å²) in [6, 6.07) is -0.395. The average Bonchev–Trinajstić information content (AvgIpc) is 2.20. The maximum atomic E-state index is 11.7. The van der Waals surface area contributed by atoms with Crippen LogP contribution < -0.4 is 5.73 Å². The highest BCUT2D eigenvalue weighted by atomic mass is 35.5. The minimum atomic E-state index is -0.772. The van der Waals surface area contributed by atoms with E-state index in [-0.39, 0.29) is 23.6 Å². The highest BCUT2D eigenvalue weighted by molar-refractivity contribution is 7.85. The zero-order chi connectivity index (χ0) is 10.7. The lowest BCUT2D eigenvalue weighted by Crippen LogP contribution is -2.51. The first-order valence-electron chi connectivity index (χ1n) is 4.97. The molecular weight excluding hydrogens is 236 g/mol. The van der Waals surface area contributed by atoms with Crippen LogP contribution in [-0.2, 0) is 15.6 Å². The van der Waals surface area contributed by atoms with Gasteiger partial charge >= 0.3 is 0 Å². The van der Waals surface area contributed by atoms with Crippen molar-refractivity contribution < 1.29 is 9.00 Å². The molecule has 0 radical (unpaired) electrons. The second kappa shape index (κ2) is 6.45. The Morgan fingerprint density at radius 2 is 2.27 bits per heavy atom. The van der Waals surface area contributed by atoms with E-state index in [0.29, 0.717) is 25.3 Å². The van der Waals surface area contributed by atoms with Crippen molar-refractivity contribution in [3.8, 4) is 0 Å². The Kier molecular flexibility index (Phi) is 6.40. The monoisotopic (exact) mass is 254 g/mol. The third-order valence-electron chi connectivity index (χ3n) is 2.56. The molecule has 0 aromatic carbocycles. The fraction of sp³-hybridized carbons (Fsp3) is 0.889. The van der Waals surface area contributed by atoms with Gasteiger partial charge in [-0.1, -0.05) is 6.92 Å². The van der Waals surface area contributed by atoms with Crippen LogP contribution in [0.25, 0.3) is 0 Å². The van der Waals surface area contributed by atoms with Crippen LogP contribution in [0.15, 0.2) is 0 Å². The van der Waals surface area contributed by atoms with Gasteiger partial charge in [-0.3, -0.25) is 9.00 Å². The van der Waals surface area contributed by atoms with Crippen LogP contribution in [0.4, 0.5) is 0 Å². The van der Waals surface area contributed by atoms with Crippen molar-refractivity contribution in [1.29, 1.82) is 0 Å². The van der Waals surface area contributed by atoms with E-state index in [1.807, 2.05) is 13.8 Å². The normalized spacial score (nSPS) is 28.1. The Balaban J connectivity index is 0.00000196. The number of halogens is 1. The van der Waals surface area contributed by atoms with Gasteiger partial charge in [-0.15, -0.1) is 12.4 Å². The van der Waals surface area contributed by atoms with Crippen molar-refractivity contribution in [2.75, 3.05) is 18.8 Å². The second-order valence-electron chi connectivity index (χ2n) is 3.69. The minimum absolute atomic E-state index is 0. The predicted octanol–water partition coefficient (Wildman–Crippen LogP) is 0.125. The van der Waals surface area contributed by atoms with Gasteiger partial charge in [0.2, 0.25) is 5.91 Å². The highest BCUT2D eigenvalue weighted by Crippen LogP contribution is 2.09. The lowest BCUT2D eigenvalue weighted by atomic mass is 10.2. The van der Waals surface area contributed by atoms with E-state index in [1.165, 1.54) is 0 Å². The number of nitrogens with zero attached hydrogens (tertiary/aromatic N) is 1. The number of rotatable bonds is 2. The van der Waals surface area contributed by atoms with E-state index in [1.54, 1.807) is 4.90 Å². The molecule has 1 saturated heterocycles. The predicted molar refractivity (Wildman–Crippen MR) is 64.6 cm³/mol. The Morgan fingerprint density at radius 1 is 1.67 bits per heavy atom. The van der Waals surface area contributed by atoms with Gasteiger partial charge in [0.25, 0.3) is 0 Å². The molecule has 4 nitrogen and oxygen atoms in total. The topological polar surface area (TPSA) is 63.4 Å². The summed E-state index contributed by atoms with van der Waals surface area (Å²) in [7, 11) is -0.772. The lowest BCUT2D eigenvalue weighted by Gasteiger charge is -2.32. The van der Waals surface area contributed by atoms with E-state index in [2.05, 4.69) is 0 Å². The third-order valence-corrected chi connectivity index (χ3v) is 4.19. The van der Waals surface area contributed by atoms with Gasteiger partial charge in [0, 0.05) is 34.9 Å². The molecule has 0 bridgehead atoms. The molecule has 0 spiro atoms. The molecule has 0 aromatic heterocycles. The largest absolute Gasteiger partial charge is 0.339 e. The molecule has 1 amide bonds. The fourth-order valence-electron chi connectivity index (χ4n) is 1.50. The molecule has 1 aliphatic rings. The molecule has 2 unspecified atom stereocenters. The van der Waals surface area contributed by atoms with Crippen molar-refractivity contribution >= 4 is 29.1 Å². The molecule has 2 N–H and O–H groups in total. The van der Waals surface area contributed by atoms with Gasteiger partial charge in [0.05, 0.1) is 6.04 Å². The maximum absolute atomic E-state index is 11.7. The van der Waals surface area contributed by atoms with Crippen LogP contribution in [0.3, 0.4) is 0 Å². The van der Waals surface area contributed by atoms with Crippen molar-refractivity contribution in [3.05, 3.63) is 0 Å². The molecule has 3 atom stereocenters. The number of hydrogen-bond acceptors (Lipinski definition) is 3. The molecule has 0 aromatic rings. The molecular formula is C9H19ClN2O2S. The summed E-state index contributed by atoms with van der Waals surface area (Å²) in [5.41, 5.74) is 5.66. The number of nitrogens with two attached hydrogens (primary N) is 1. The number of hydrogen-bond donors (Lipinski definition) is 1. The summed E-state index contributed by atoms with van der Waals surface area (Å²) in [6.45, 7) is 4.98. The van der Waals surface area contributed by atoms with Gasteiger partial charge in [0.1, 0.15) is 0 Å². The van der Waals surface area contributed by atoms with Crippen molar-refractivity contribution in [3.63, 3.8) is 0 Å². The SMILES string of the molecule is CC[C@H](N)C(=O)N1CCS(=O)C(C)C1.Cl. The second-order valence-corrected chi connectivity index (χ2v) is 5.67. The average molecular weight is 255 g/mol.